The van der Waals surface area contributed by atoms with Crippen molar-refractivity contribution >= 4 is 17.3 Å². The highest BCUT2D eigenvalue weighted by Crippen LogP contribution is 2.23. The average molecular weight is 228 g/mol. The molecule has 15 heavy (non-hydrogen) atoms. The van der Waals surface area contributed by atoms with E-state index in [0.29, 0.717) is 23.7 Å². The lowest BCUT2D eigenvalue weighted by Crippen LogP contribution is -2.27. The molecule has 0 atom stereocenters. The fraction of sp³-hybridized carbons (Fsp3) is 0.500. The van der Waals surface area contributed by atoms with E-state index in [2.05, 4.69) is 4.79 Å². The smallest absolute Gasteiger partial charge is 0.297 e. The minimum atomic E-state index is 0.0935. The number of allylic oxidation sites excluding steroid dienone is 3. The minimum Gasteiger partial charge on any atom is -0.395 e. The van der Waals surface area contributed by atoms with Crippen molar-refractivity contribution < 1.29 is 9.90 Å². The molecule has 0 amide bonds. The molecule has 0 saturated heterocycles. The summed E-state index contributed by atoms with van der Waals surface area (Å²) in [5, 5.41) is 9.43. The van der Waals surface area contributed by atoms with Gasteiger partial charge in [-0.25, -0.2) is 0 Å². The molecule has 4 nitrogen and oxygen atoms in total. The number of aliphatic hydroxyl groups excluding tert-OH is 1. The van der Waals surface area contributed by atoms with Gasteiger partial charge in [0.2, 0.25) is 0 Å². The summed E-state index contributed by atoms with van der Waals surface area (Å²) in [5.41, 5.74) is 10.0. The Kier molecular flexibility index (Phi) is 4.56. The molecule has 82 valence electrons. The third kappa shape index (κ3) is 2.93. The van der Waals surface area contributed by atoms with Gasteiger partial charge in [-0.15, -0.1) is 0 Å². The van der Waals surface area contributed by atoms with Crippen LogP contribution in [0.3, 0.4) is 0 Å². The van der Waals surface area contributed by atoms with Crippen molar-refractivity contribution in [2.24, 2.45) is 0 Å². The lowest BCUT2D eigenvalue weighted by molar-refractivity contribution is -0.00550. The summed E-state index contributed by atoms with van der Waals surface area (Å²) in [4.78, 5) is 5.09. The standard InChI is InChI=1S/C10H14ClN3O/c1-2-14(5-6-15)10-4-3-8(13-12)7-9(10)11/h4,7,15H,2-3,5-6H2,1H3. The van der Waals surface area contributed by atoms with Crippen LogP contribution >= 0.6 is 11.6 Å². The van der Waals surface area contributed by atoms with Gasteiger partial charge < -0.3 is 15.5 Å². The Labute approximate surface area is 94.1 Å². The molecule has 0 bridgehead atoms. The largest absolute Gasteiger partial charge is 0.395 e. The lowest BCUT2D eigenvalue weighted by Gasteiger charge is -2.25. The van der Waals surface area contributed by atoms with Gasteiger partial charge >= 0.3 is 0 Å². The Balaban J connectivity index is 2.84. The summed E-state index contributed by atoms with van der Waals surface area (Å²) in [6.45, 7) is 3.42. The Morgan fingerprint density at radius 2 is 2.40 bits per heavy atom. The van der Waals surface area contributed by atoms with Gasteiger partial charge in [0.1, 0.15) is 0 Å². The van der Waals surface area contributed by atoms with E-state index in [9.17, 15) is 0 Å². The Morgan fingerprint density at radius 3 is 2.87 bits per heavy atom. The highest BCUT2D eigenvalue weighted by Gasteiger charge is 2.18. The van der Waals surface area contributed by atoms with E-state index in [1.165, 1.54) is 0 Å². The number of rotatable bonds is 4. The van der Waals surface area contributed by atoms with E-state index in [0.717, 1.165) is 12.2 Å². The molecule has 0 unspecified atom stereocenters. The van der Waals surface area contributed by atoms with Gasteiger partial charge in [0.25, 0.3) is 5.71 Å². The number of halogens is 1. The molecule has 0 spiro atoms. The van der Waals surface area contributed by atoms with E-state index >= 15 is 0 Å². The second kappa shape index (κ2) is 5.71. The number of nitrogens with zero attached hydrogens (tertiary/aromatic N) is 3. The molecular formula is C10H14ClN3O. The summed E-state index contributed by atoms with van der Waals surface area (Å²) in [6, 6.07) is 0. The summed E-state index contributed by atoms with van der Waals surface area (Å²) in [5.74, 6) is 0. The van der Waals surface area contributed by atoms with Gasteiger partial charge in [0, 0.05) is 19.2 Å². The van der Waals surface area contributed by atoms with Crippen LogP contribution in [0.25, 0.3) is 5.53 Å². The van der Waals surface area contributed by atoms with E-state index in [1.807, 2.05) is 17.9 Å². The second-order valence-corrected chi connectivity index (χ2v) is 3.59. The first-order valence-corrected chi connectivity index (χ1v) is 5.25. The summed E-state index contributed by atoms with van der Waals surface area (Å²) < 4.78 is 0. The van der Waals surface area contributed by atoms with Gasteiger partial charge in [-0.05, 0) is 13.0 Å². The molecule has 0 radical (unpaired) electrons. The fourth-order valence-corrected chi connectivity index (χ4v) is 1.82. The molecule has 0 heterocycles. The lowest BCUT2D eigenvalue weighted by atomic mass is 10.1. The molecule has 0 aromatic heterocycles. The average Bonchev–Trinajstić information content (AvgIpc) is 2.26. The number of hydrogen-bond acceptors (Lipinski definition) is 2. The van der Waals surface area contributed by atoms with Crippen molar-refractivity contribution in [3.63, 3.8) is 0 Å². The predicted molar refractivity (Wildman–Crippen MR) is 59.6 cm³/mol. The maximum Gasteiger partial charge on any atom is 0.297 e. The van der Waals surface area contributed by atoms with E-state index in [-0.39, 0.29) is 6.61 Å². The van der Waals surface area contributed by atoms with Gasteiger partial charge in [-0.3, -0.25) is 0 Å². The zero-order valence-electron chi connectivity index (χ0n) is 8.65. The quantitative estimate of drug-likeness (QED) is 0.583. The van der Waals surface area contributed by atoms with Crippen molar-refractivity contribution in [3.05, 3.63) is 28.4 Å². The van der Waals surface area contributed by atoms with Crippen LogP contribution in [0, 0.1) is 0 Å². The molecule has 1 aliphatic rings. The second-order valence-electron chi connectivity index (χ2n) is 3.18. The topological polar surface area (TPSA) is 59.9 Å². The van der Waals surface area contributed by atoms with Gasteiger partial charge in [0.15, 0.2) is 0 Å². The molecule has 0 aromatic rings. The van der Waals surface area contributed by atoms with Crippen LogP contribution in [-0.4, -0.2) is 40.2 Å². The summed E-state index contributed by atoms with van der Waals surface area (Å²) >= 11 is 6.04. The first-order valence-electron chi connectivity index (χ1n) is 4.87. The zero-order valence-corrected chi connectivity index (χ0v) is 9.41. The van der Waals surface area contributed by atoms with Crippen LogP contribution in [0.1, 0.15) is 13.3 Å². The van der Waals surface area contributed by atoms with Crippen LogP contribution in [0.5, 0.6) is 0 Å². The monoisotopic (exact) mass is 227 g/mol. The normalized spacial score (nSPS) is 15.5. The van der Waals surface area contributed by atoms with Gasteiger partial charge in [-0.2, -0.15) is 4.79 Å². The molecule has 0 fully saturated rings. The van der Waals surface area contributed by atoms with Crippen LogP contribution in [0.4, 0.5) is 0 Å². The van der Waals surface area contributed by atoms with Crippen molar-refractivity contribution in [2.45, 2.75) is 13.3 Å². The van der Waals surface area contributed by atoms with Crippen LogP contribution < -0.4 is 0 Å². The molecule has 1 rings (SSSR count). The van der Waals surface area contributed by atoms with Gasteiger partial charge in [-0.1, -0.05) is 11.6 Å². The highest BCUT2D eigenvalue weighted by molar-refractivity contribution is 6.33. The van der Waals surface area contributed by atoms with Crippen molar-refractivity contribution in [1.29, 1.82) is 0 Å². The third-order valence-electron chi connectivity index (χ3n) is 2.26. The number of hydrogen-bond donors (Lipinski definition) is 1. The molecule has 0 saturated carbocycles. The van der Waals surface area contributed by atoms with Crippen LogP contribution in [0.2, 0.25) is 0 Å². The maximum atomic E-state index is 8.89. The molecule has 1 N–H and O–H groups in total. The van der Waals surface area contributed by atoms with Crippen molar-refractivity contribution in [1.82, 2.24) is 4.90 Å². The molecule has 1 aliphatic carbocycles. The molecular weight excluding hydrogens is 214 g/mol. The fourth-order valence-electron chi connectivity index (χ4n) is 1.50. The number of aliphatic hydroxyl groups is 1. The Morgan fingerprint density at radius 1 is 1.67 bits per heavy atom. The zero-order chi connectivity index (χ0) is 11.3. The minimum absolute atomic E-state index is 0.0935. The number of likely N-dealkylation sites (N-methyl/N-ethyl adjacent to an activating group) is 1. The predicted octanol–water partition coefficient (Wildman–Crippen LogP) is 1.38. The summed E-state index contributed by atoms with van der Waals surface area (Å²) in [6.07, 6.45) is 4.09. The molecule has 0 aliphatic heterocycles. The maximum absolute atomic E-state index is 8.89. The highest BCUT2D eigenvalue weighted by atomic mass is 35.5. The molecule has 0 aromatic carbocycles. The van der Waals surface area contributed by atoms with Gasteiger partial charge in [0.05, 0.1) is 23.8 Å². The Bertz CT molecular complexity index is 343. The van der Waals surface area contributed by atoms with E-state index < -0.39 is 0 Å². The van der Waals surface area contributed by atoms with Crippen molar-refractivity contribution in [3.8, 4) is 0 Å². The van der Waals surface area contributed by atoms with E-state index in [1.54, 1.807) is 6.08 Å². The van der Waals surface area contributed by atoms with Crippen molar-refractivity contribution in [2.75, 3.05) is 19.7 Å². The SMILES string of the molecule is CCN(CCO)C1=CCC(=[N+]=[N-])C=C1Cl. The first-order chi connectivity index (χ1) is 7.22. The third-order valence-corrected chi connectivity index (χ3v) is 2.57. The Hall–Kier alpha value is -1.09. The van der Waals surface area contributed by atoms with Crippen LogP contribution in [0.15, 0.2) is 22.9 Å². The summed E-state index contributed by atoms with van der Waals surface area (Å²) in [7, 11) is 0. The first kappa shape index (κ1) is 12.0. The molecule has 5 heteroatoms. The van der Waals surface area contributed by atoms with E-state index in [4.69, 9.17) is 22.2 Å². The van der Waals surface area contributed by atoms with Crippen LogP contribution in [-0.2, 0) is 0 Å².